The molecule has 3 rings (SSSR count). The molecule has 0 aliphatic rings. The van der Waals surface area contributed by atoms with Crippen LogP contribution in [0.3, 0.4) is 0 Å². The van der Waals surface area contributed by atoms with Crippen molar-refractivity contribution in [3.63, 3.8) is 0 Å². The van der Waals surface area contributed by atoms with E-state index in [-0.39, 0.29) is 0 Å². The second kappa shape index (κ2) is 10.7. The molecule has 3 aromatic rings. The van der Waals surface area contributed by atoms with Crippen LogP contribution in [-0.2, 0) is 0 Å². The molecule has 0 saturated carbocycles. The van der Waals surface area contributed by atoms with Crippen LogP contribution in [0.1, 0.15) is 72.6 Å². The van der Waals surface area contributed by atoms with Gasteiger partial charge in [-0.2, -0.15) is 0 Å². The predicted octanol–water partition coefficient (Wildman–Crippen LogP) is 9.82. The largest absolute Gasteiger partial charge is 0.0952 e. The van der Waals surface area contributed by atoms with Crippen molar-refractivity contribution in [3.8, 4) is 11.1 Å². The van der Waals surface area contributed by atoms with E-state index in [1.54, 1.807) is 0 Å². The molecule has 0 unspecified atom stereocenters. The van der Waals surface area contributed by atoms with Gasteiger partial charge in [-0.1, -0.05) is 88.5 Å². The summed E-state index contributed by atoms with van der Waals surface area (Å²) in [5.74, 6) is 0.598. The van der Waals surface area contributed by atoms with E-state index in [0.717, 1.165) is 24.0 Å². The molecule has 0 nitrogen and oxygen atoms in total. The Morgan fingerprint density at radius 2 is 1.42 bits per heavy atom. The average Bonchev–Trinajstić information content (AvgIpc) is 2.78. The topological polar surface area (TPSA) is 0 Å². The maximum Gasteiger partial charge on any atom is -0.0109 e. The van der Waals surface area contributed by atoms with E-state index in [4.69, 9.17) is 0 Å². The van der Waals surface area contributed by atoms with Crippen LogP contribution in [0, 0.1) is 26.7 Å². The quantitative estimate of drug-likeness (QED) is 0.331. The molecule has 0 atom stereocenters. The first kappa shape index (κ1) is 24.5. The fourth-order valence-electron chi connectivity index (χ4n) is 4.40. The van der Waals surface area contributed by atoms with Gasteiger partial charge in [0.2, 0.25) is 0 Å². The van der Waals surface area contributed by atoms with Crippen molar-refractivity contribution in [1.82, 2.24) is 0 Å². The van der Waals surface area contributed by atoms with E-state index >= 15 is 0 Å². The number of allylic oxidation sites excluding steroid dienone is 2. The molecule has 0 aliphatic carbocycles. The van der Waals surface area contributed by atoms with E-state index in [1.165, 1.54) is 50.1 Å². The molecule has 0 N–H and O–H groups in total. The first-order valence-electron chi connectivity index (χ1n) is 12.1. The van der Waals surface area contributed by atoms with Crippen LogP contribution < -0.4 is 0 Å². The summed E-state index contributed by atoms with van der Waals surface area (Å²) >= 11 is 0. The molecule has 0 heteroatoms. The summed E-state index contributed by atoms with van der Waals surface area (Å²) in [7, 11) is 0. The Morgan fingerprint density at radius 1 is 0.818 bits per heavy atom. The highest BCUT2D eigenvalue weighted by molar-refractivity contribution is 5.86. The van der Waals surface area contributed by atoms with Crippen LogP contribution in [0.2, 0.25) is 0 Å². The minimum Gasteiger partial charge on any atom is -0.0952 e. The monoisotopic (exact) mass is 434 g/mol. The van der Waals surface area contributed by atoms with Crippen LogP contribution in [0.15, 0.2) is 73.8 Å². The van der Waals surface area contributed by atoms with E-state index < -0.39 is 0 Å². The Hall–Kier alpha value is -3.12. The molecule has 0 aliphatic heterocycles. The summed E-state index contributed by atoms with van der Waals surface area (Å²) in [4.78, 5) is 0. The van der Waals surface area contributed by atoms with Gasteiger partial charge in [-0.15, -0.1) is 0 Å². The Kier molecular flexibility index (Phi) is 7.92. The van der Waals surface area contributed by atoms with Crippen LogP contribution in [0.5, 0.6) is 0 Å². The number of benzene rings is 3. The third-order valence-corrected chi connectivity index (χ3v) is 6.35. The van der Waals surface area contributed by atoms with E-state index in [9.17, 15) is 0 Å². The smallest absolute Gasteiger partial charge is 0.0109 e. The lowest BCUT2D eigenvalue weighted by molar-refractivity contribution is 0.674. The molecule has 0 aromatic heterocycles. The number of hydrogen-bond acceptors (Lipinski definition) is 0. The normalized spacial score (nSPS) is 11.4. The van der Waals surface area contributed by atoms with Gasteiger partial charge in [-0.05, 0) is 113 Å². The zero-order valence-electron chi connectivity index (χ0n) is 21.3. The standard InChI is InChI=1S/C33H38/c1-9-10-13-30-23(4)12-11-14-31(30)27(8)29-18-16-25(6)33(21-29)32-20-28(17-15-24(32)5)26(7)19-22(2)3/h10-18,20-22H,7-9,19H2,1-6H3/b13-10-. The van der Waals surface area contributed by atoms with E-state index in [1.807, 2.05) is 0 Å². The lowest BCUT2D eigenvalue weighted by Gasteiger charge is -2.17. The molecule has 3 aromatic carbocycles. The Morgan fingerprint density at radius 3 is 2.03 bits per heavy atom. The SMILES string of the molecule is C=C(CC(C)C)c1ccc(C)c(-c2cc(C(=C)c3cccc(C)c3/C=C\CC)ccc2C)c1. The van der Waals surface area contributed by atoms with Crippen LogP contribution in [-0.4, -0.2) is 0 Å². The highest BCUT2D eigenvalue weighted by Crippen LogP contribution is 2.35. The van der Waals surface area contributed by atoms with Crippen molar-refractivity contribution in [2.24, 2.45) is 5.92 Å². The Bertz CT molecular complexity index is 1200. The third-order valence-electron chi connectivity index (χ3n) is 6.35. The van der Waals surface area contributed by atoms with Gasteiger partial charge in [0, 0.05) is 0 Å². The molecule has 0 fully saturated rings. The van der Waals surface area contributed by atoms with Crippen molar-refractivity contribution in [3.05, 3.63) is 113 Å². The maximum absolute atomic E-state index is 4.52. The van der Waals surface area contributed by atoms with Crippen molar-refractivity contribution < 1.29 is 0 Å². The zero-order chi connectivity index (χ0) is 24.1. The summed E-state index contributed by atoms with van der Waals surface area (Å²) in [6.45, 7) is 22.1. The molecular formula is C33H38. The molecule has 0 spiro atoms. The molecule has 0 heterocycles. The number of hydrogen-bond donors (Lipinski definition) is 0. The second-order valence-electron chi connectivity index (χ2n) is 9.59. The zero-order valence-corrected chi connectivity index (χ0v) is 21.3. The lowest BCUT2D eigenvalue weighted by Crippen LogP contribution is -1.96. The van der Waals surface area contributed by atoms with Crippen LogP contribution in [0.25, 0.3) is 28.3 Å². The molecule has 0 bridgehead atoms. The van der Waals surface area contributed by atoms with Gasteiger partial charge in [0.15, 0.2) is 0 Å². The first-order chi connectivity index (χ1) is 15.7. The molecule has 0 amide bonds. The van der Waals surface area contributed by atoms with Gasteiger partial charge in [0.1, 0.15) is 0 Å². The fraction of sp³-hybridized carbons (Fsp3) is 0.273. The summed E-state index contributed by atoms with van der Waals surface area (Å²) in [5, 5.41) is 0. The lowest BCUT2D eigenvalue weighted by atomic mass is 9.87. The first-order valence-corrected chi connectivity index (χ1v) is 12.1. The summed E-state index contributed by atoms with van der Waals surface area (Å²) < 4.78 is 0. The molecule has 170 valence electrons. The van der Waals surface area contributed by atoms with Crippen molar-refractivity contribution >= 4 is 17.2 Å². The minimum absolute atomic E-state index is 0.598. The van der Waals surface area contributed by atoms with Crippen molar-refractivity contribution in [2.45, 2.75) is 54.4 Å². The fourth-order valence-corrected chi connectivity index (χ4v) is 4.40. The highest BCUT2D eigenvalue weighted by Gasteiger charge is 2.13. The Balaban J connectivity index is 2.08. The second-order valence-corrected chi connectivity index (χ2v) is 9.59. The predicted molar refractivity (Wildman–Crippen MR) is 148 cm³/mol. The van der Waals surface area contributed by atoms with Gasteiger partial charge >= 0.3 is 0 Å². The van der Waals surface area contributed by atoms with E-state index in [0.29, 0.717) is 5.92 Å². The summed E-state index contributed by atoms with van der Waals surface area (Å²) in [6, 6.07) is 20.0. The van der Waals surface area contributed by atoms with Gasteiger partial charge < -0.3 is 0 Å². The minimum atomic E-state index is 0.598. The molecular weight excluding hydrogens is 396 g/mol. The maximum atomic E-state index is 4.52. The van der Waals surface area contributed by atoms with Gasteiger partial charge in [-0.3, -0.25) is 0 Å². The summed E-state index contributed by atoms with van der Waals surface area (Å²) in [5.41, 5.74) is 13.5. The molecule has 33 heavy (non-hydrogen) atoms. The average molecular weight is 435 g/mol. The summed E-state index contributed by atoms with van der Waals surface area (Å²) in [6.07, 6.45) is 6.49. The van der Waals surface area contributed by atoms with E-state index in [2.05, 4.69) is 121 Å². The third kappa shape index (κ3) is 5.63. The van der Waals surface area contributed by atoms with Crippen molar-refractivity contribution in [1.29, 1.82) is 0 Å². The number of aryl methyl sites for hydroxylation is 3. The molecule has 0 radical (unpaired) electrons. The van der Waals surface area contributed by atoms with Crippen molar-refractivity contribution in [2.75, 3.05) is 0 Å². The number of rotatable bonds is 8. The van der Waals surface area contributed by atoms with Gasteiger partial charge in [0.25, 0.3) is 0 Å². The Labute approximate surface area is 201 Å². The van der Waals surface area contributed by atoms with Gasteiger partial charge in [-0.25, -0.2) is 0 Å². The highest BCUT2D eigenvalue weighted by atomic mass is 14.2. The molecule has 0 saturated heterocycles. The van der Waals surface area contributed by atoms with Crippen LogP contribution in [0.4, 0.5) is 0 Å². The van der Waals surface area contributed by atoms with Crippen LogP contribution >= 0.6 is 0 Å². The van der Waals surface area contributed by atoms with Gasteiger partial charge in [0.05, 0.1) is 0 Å².